The molecular formula is C13H24N4S. The van der Waals surface area contributed by atoms with Crippen LogP contribution in [0.4, 0.5) is 0 Å². The summed E-state index contributed by atoms with van der Waals surface area (Å²) in [6, 6.07) is 4.21. The monoisotopic (exact) mass is 268 g/mol. The van der Waals surface area contributed by atoms with Crippen molar-refractivity contribution < 1.29 is 0 Å². The molecule has 4 nitrogen and oxygen atoms in total. The highest BCUT2D eigenvalue weighted by Crippen LogP contribution is 2.04. The molecule has 0 bridgehead atoms. The number of hydrogen-bond acceptors (Lipinski definition) is 2. The van der Waals surface area contributed by atoms with Crippen LogP contribution in [0.15, 0.2) is 23.3 Å². The smallest absolute Gasteiger partial charge is 0.194 e. The topological polar surface area (TPSA) is 32.6 Å². The summed E-state index contributed by atoms with van der Waals surface area (Å²) in [7, 11) is 4.15. The molecule has 1 aromatic heterocycles. The maximum Gasteiger partial charge on any atom is 0.194 e. The summed E-state index contributed by atoms with van der Waals surface area (Å²) in [5.41, 5.74) is 1.29. The van der Waals surface area contributed by atoms with Gasteiger partial charge in [0.05, 0.1) is 13.1 Å². The molecule has 0 fully saturated rings. The number of hydrogen-bond donors (Lipinski definition) is 1. The zero-order valence-electron chi connectivity index (χ0n) is 11.8. The van der Waals surface area contributed by atoms with Gasteiger partial charge in [-0.3, -0.25) is 4.99 Å². The van der Waals surface area contributed by atoms with Gasteiger partial charge in [0.2, 0.25) is 0 Å². The highest BCUT2D eigenvalue weighted by molar-refractivity contribution is 7.98. The van der Waals surface area contributed by atoms with E-state index in [1.165, 1.54) is 5.69 Å². The summed E-state index contributed by atoms with van der Waals surface area (Å²) in [5.74, 6) is 2.04. The number of aryl methyl sites for hydroxylation is 1. The van der Waals surface area contributed by atoms with E-state index in [0.717, 1.165) is 31.3 Å². The third kappa shape index (κ3) is 4.64. The van der Waals surface area contributed by atoms with Gasteiger partial charge in [-0.05, 0) is 25.3 Å². The minimum Gasteiger partial charge on any atom is -0.357 e. The van der Waals surface area contributed by atoms with Crippen LogP contribution in [0.2, 0.25) is 0 Å². The van der Waals surface area contributed by atoms with Crippen LogP contribution < -0.4 is 5.32 Å². The Hall–Kier alpha value is -1.10. The van der Waals surface area contributed by atoms with Gasteiger partial charge in [-0.25, -0.2) is 0 Å². The van der Waals surface area contributed by atoms with Gasteiger partial charge in [0.15, 0.2) is 5.96 Å². The number of aliphatic imine (C=N–C) groups is 1. The van der Waals surface area contributed by atoms with Crippen LogP contribution in [0.3, 0.4) is 0 Å². The molecule has 102 valence electrons. The molecule has 1 rings (SSSR count). The number of guanidine groups is 1. The number of thioether (sulfide) groups is 1. The fourth-order valence-corrected chi connectivity index (χ4v) is 1.97. The third-order valence-electron chi connectivity index (χ3n) is 2.70. The largest absolute Gasteiger partial charge is 0.357 e. The fourth-order valence-electron chi connectivity index (χ4n) is 1.69. The van der Waals surface area contributed by atoms with Crippen molar-refractivity contribution in [1.29, 1.82) is 0 Å². The van der Waals surface area contributed by atoms with Crippen LogP contribution in [-0.2, 0) is 13.6 Å². The van der Waals surface area contributed by atoms with Crippen LogP contribution in [0.25, 0.3) is 0 Å². The lowest BCUT2D eigenvalue weighted by atomic mass is 10.4. The van der Waals surface area contributed by atoms with Crippen molar-refractivity contribution in [3.05, 3.63) is 24.0 Å². The molecule has 0 saturated carbocycles. The Morgan fingerprint density at radius 3 is 2.89 bits per heavy atom. The average Bonchev–Trinajstić information content (AvgIpc) is 2.74. The first-order valence-electron chi connectivity index (χ1n) is 6.27. The quantitative estimate of drug-likeness (QED) is 0.485. The molecular weight excluding hydrogens is 244 g/mol. The maximum atomic E-state index is 4.61. The lowest BCUT2D eigenvalue weighted by Crippen LogP contribution is -2.39. The van der Waals surface area contributed by atoms with Gasteiger partial charge in [0.25, 0.3) is 0 Å². The highest BCUT2D eigenvalue weighted by atomic mass is 32.2. The predicted molar refractivity (Wildman–Crippen MR) is 81.2 cm³/mol. The zero-order chi connectivity index (χ0) is 13.4. The van der Waals surface area contributed by atoms with Gasteiger partial charge in [-0.15, -0.1) is 0 Å². The molecule has 5 heteroatoms. The summed E-state index contributed by atoms with van der Waals surface area (Å²) in [5, 5.41) is 3.33. The van der Waals surface area contributed by atoms with E-state index < -0.39 is 0 Å². The molecule has 0 saturated heterocycles. The summed E-state index contributed by atoms with van der Waals surface area (Å²) < 4.78 is 2.14. The molecule has 1 heterocycles. The van der Waals surface area contributed by atoms with Crippen LogP contribution in [-0.4, -0.2) is 47.6 Å². The summed E-state index contributed by atoms with van der Waals surface area (Å²) >= 11 is 1.82. The van der Waals surface area contributed by atoms with Crippen molar-refractivity contribution in [2.75, 3.05) is 32.1 Å². The molecule has 1 aromatic rings. The number of nitrogens with zero attached hydrogens (tertiary/aromatic N) is 3. The van der Waals surface area contributed by atoms with E-state index in [4.69, 9.17) is 0 Å². The van der Waals surface area contributed by atoms with Crippen LogP contribution in [0.5, 0.6) is 0 Å². The zero-order valence-corrected chi connectivity index (χ0v) is 12.6. The second-order valence-corrected chi connectivity index (χ2v) is 5.18. The van der Waals surface area contributed by atoms with Gasteiger partial charge in [-0.2, -0.15) is 11.8 Å². The van der Waals surface area contributed by atoms with Crippen LogP contribution in [0, 0.1) is 0 Å². The average molecular weight is 268 g/mol. The van der Waals surface area contributed by atoms with Gasteiger partial charge in [0.1, 0.15) is 0 Å². The van der Waals surface area contributed by atoms with Crippen molar-refractivity contribution in [3.8, 4) is 0 Å². The van der Waals surface area contributed by atoms with E-state index in [-0.39, 0.29) is 0 Å². The van der Waals surface area contributed by atoms with Crippen molar-refractivity contribution in [1.82, 2.24) is 14.8 Å². The van der Waals surface area contributed by atoms with Gasteiger partial charge in [-0.1, -0.05) is 0 Å². The first kappa shape index (κ1) is 15.0. The summed E-state index contributed by atoms with van der Waals surface area (Å²) in [4.78, 5) is 6.78. The van der Waals surface area contributed by atoms with E-state index in [1.54, 1.807) is 0 Å². The van der Waals surface area contributed by atoms with Crippen molar-refractivity contribution in [3.63, 3.8) is 0 Å². The van der Waals surface area contributed by atoms with Gasteiger partial charge < -0.3 is 14.8 Å². The second-order valence-electron chi connectivity index (χ2n) is 4.19. The van der Waals surface area contributed by atoms with Gasteiger partial charge in [0, 0.05) is 38.3 Å². The molecule has 0 radical (unpaired) electrons. The molecule has 0 amide bonds. The van der Waals surface area contributed by atoms with Crippen LogP contribution in [0.1, 0.15) is 12.6 Å². The minimum absolute atomic E-state index is 0.862. The lowest BCUT2D eigenvalue weighted by molar-refractivity contribution is 0.462. The lowest BCUT2D eigenvalue weighted by Gasteiger charge is -2.22. The van der Waals surface area contributed by atoms with Crippen molar-refractivity contribution in [2.45, 2.75) is 13.5 Å². The third-order valence-corrected chi connectivity index (χ3v) is 3.29. The Balaban J connectivity index is 2.61. The van der Waals surface area contributed by atoms with Gasteiger partial charge >= 0.3 is 0 Å². The summed E-state index contributed by atoms with van der Waals surface area (Å²) in [6.07, 6.45) is 4.18. The molecule has 0 aromatic carbocycles. The Kier molecular flexibility index (Phi) is 6.72. The minimum atomic E-state index is 0.862. The Bertz CT molecular complexity index is 373. The van der Waals surface area contributed by atoms with E-state index in [9.17, 15) is 0 Å². The van der Waals surface area contributed by atoms with E-state index in [1.807, 2.05) is 11.8 Å². The Morgan fingerprint density at radius 2 is 2.33 bits per heavy atom. The van der Waals surface area contributed by atoms with E-state index in [0.29, 0.717) is 0 Å². The Labute approximate surface area is 114 Å². The Morgan fingerprint density at radius 1 is 1.56 bits per heavy atom. The number of rotatable bonds is 6. The maximum absolute atomic E-state index is 4.61. The summed E-state index contributed by atoms with van der Waals surface area (Å²) in [6.45, 7) is 4.73. The molecule has 0 spiro atoms. The van der Waals surface area contributed by atoms with E-state index >= 15 is 0 Å². The normalized spacial score (nSPS) is 11.7. The molecule has 0 aliphatic heterocycles. The molecule has 0 aliphatic rings. The molecule has 0 unspecified atom stereocenters. The van der Waals surface area contributed by atoms with Crippen molar-refractivity contribution in [2.24, 2.45) is 12.0 Å². The molecule has 0 aliphatic carbocycles. The number of nitrogens with one attached hydrogen (secondary N) is 1. The standard InChI is InChI=1S/C13H24N4S/c1-5-14-13(15-8-10-18-4)17(3)11-12-7-6-9-16(12)2/h6-7,9H,5,8,10-11H2,1-4H3,(H,14,15). The fraction of sp³-hybridized carbons (Fsp3) is 0.615. The predicted octanol–water partition coefficient (Wildman–Crippen LogP) is 1.79. The number of aromatic nitrogens is 1. The first-order valence-corrected chi connectivity index (χ1v) is 7.67. The molecule has 18 heavy (non-hydrogen) atoms. The first-order chi connectivity index (χ1) is 8.69. The van der Waals surface area contributed by atoms with E-state index in [2.05, 4.69) is 65.4 Å². The highest BCUT2D eigenvalue weighted by Gasteiger charge is 2.07. The molecule has 0 atom stereocenters. The van der Waals surface area contributed by atoms with Crippen LogP contribution >= 0.6 is 11.8 Å². The van der Waals surface area contributed by atoms with Crippen molar-refractivity contribution >= 4 is 17.7 Å². The molecule has 1 N–H and O–H groups in total. The second kappa shape index (κ2) is 8.08. The SMILES string of the molecule is CCNC(=NCCSC)N(C)Cc1cccn1C.